The minimum Gasteiger partial charge on any atom is -0.337 e. The lowest BCUT2D eigenvalue weighted by Crippen LogP contribution is -2.09. The van der Waals surface area contributed by atoms with Crippen molar-refractivity contribution in [3.8, 4) is 33.8 Å². The van der Waals surface area contributed by atoms with Crippen LogP contribution in [0.1, 0.15) is 0 Å². The predicted molar refractivity (Wildman–Crippen MR) is 134 cm³/mol. The molecule has 6 aromatic rings. The van der Waals surface area contributed by atoms with E-state index in [9.17, 15) is 8.42 Å². The van der Waals surface area contributed by atoms with Crippen molar-refractivity contribution < 1.29 is 8.42 Å². The fraction of sp³-hybridized carbons (Fsp3) is 0.0417. The molecule has 0 saturated heterocycles. The van der Waals surface area contributed by atoms with Crippen molar-refractivity contribution >= 4 is 37.8 Å². The van der Waals surface area contributed by atoms with Crippen LogP contribution < -0.4 is 4.72 Å². The van der Waals surface area contributed by atoms with E-state index in [1.165, 1.54) is 6.20 Å². The summed E-state index contributed by atoms with van der Waals surface area (Å²) in [5.74, 6) is 0.604. The molecule has 0 radical (unpaired) electrons. The molecule has 0 unspecified atom stereocenters. The third-order valence-electron chi connectivity index (χ3n) is 5.50. The van der Waals surface area contributed by atoms with Crippen molar-refractivity contribution in [3.63, 3.8) is 0 Å². The molecule has 3 N–H and O–H groups in total. The van der Waals surface area contributed by atoms with E-state index in [0.717, 1.165) is 39.4 Å². The number of aromatic amines is 2. The summed E-state index contributed by atoms with van der Waals surface area (Å²) in [6.07, 6.45) is 9.43. The minimum atomic E-state index is -3.42. The molecule has 6 rings (SSSR count). The number of sulfonamides is 1. The lowest BCUT2D eigenvalue weighted by Gasteiger charge is -2.06. The highest BCUT2D eigenvalue weighted by atomic mass is 32.2. The Hall–Kier alpha value is -4.64. The van der Waals surface area contributed by atoms with Crippen LogP contribution in [0.5, 0.6) is 0 Å². The summed E-state index contributed by atoms with van der Waals surface area (Å²) < 4.78 is 25.6. The summed E-state index contributed by atoms with van der Waals surface area (Å²) in [5.41, 5.74) is 6.72. The zero-order valence-corrected chi connectivity index (χ0v) is 19.2. The molecule has 0 bridgehead atoms. The van der Waals surface area contributed by atoms with Gasteiger partial charge in [0.2, 0.25) is 10.0 Å². The molecular weight excluding hydrogens is 464 g/mol. The number of benzene rings is 1. The van der Waals surface area contributed by atoms with Gasteiger partial charge in [0.1, 0.15) is 5.69 Å². The van der Waals surface area contributed by atoms with Gasteiger partial charge < -0.3 is 4.98 Å². The van der Waals surface area contributed by atoms with E-state index in [1.54, 1.807) is 24.7 Å². The van der Waals surface area contributed by atoms with Crippen LogP contribution in [0.3, 0.4) is 0 Å². The van der Waals surface area contributed by atoms with Gasteiger partial charge in [-0.25, -0.2) is 18.4 Å². The Morgan fingerprint density at radius 3 is 2.60 bits per heavy atom. The smallest absolute Gasteiger partial charge is 0.229 e. The maximum Gasteiger partial charge on any atom is 0.229 e. The van der Waals surface area contributed by atoms with E-state index in [4.69, 9.17) is 4.98 Å². The van der Waals surface area contributed by atoms with E-state index in [2.05, 4.69) is 34.9 Å². The van der Waals surface area contributed by atoms with E-state index in [0.29, 0.717) is 28.4 Å². The van der Waals surface area contributed by atoms with Crippen LogP contribution in [-0.4, -0.2) is 49.8 Å². The van der Waals surface area contributed by atoms with E-state index >= 15 is 0 Å². The molecule has 11 heteroatoms. The van der Waals surface area contributed by atoms with Gasteiger partial charge in [-0.05, 0) is 24.3 Å². The molecule has 5 aromatic heterocycles. The predicted octanol–water partition coefficient (Wildman–Crippen LogP) is 4.00. The third-order valence-corrected chi connectivity index (χ3v) is 6.11. The molecule has 0 atom stereocenters. The molecule has 0 spiro atoms. The summed E-state index contributed by atoms with van der Waals surface area (Å²) in [6, 6.07) is 13.5. The van der Waals surface area contributed by atoms with Gasteiger partial charge in [-0.15, -0.1) is 0 Å². The Balaban J connectivity index is 1.45. The first-order chi connectivity index (χ1) is 16.9. The van der Waals surface area contributed by atoms with Gasteiger partial charge >= 0.3 is 0 Å². The Bertz CT molecular complexity index is 1810. The summed E-state index contributed by atoms with van der Waals surface area (Å²) in [5, 5.41) is 8.19. The van der Waals surface area contributed by atoms with Gasteiger partial charge in [-0.2, -0.15) is 5.10 Å². The first-order valence-corrected chi connectivity index (χ1v) is 12.5. The second kappa shape index (κ2) is 7.99. The number of imidazole rings is 1. The van der Waals surface area contributed by atoms with Crippen LogP contribution in [0.15, 0.2) is 73.4 Å². The Morgan fingerprint density at radius 1 is 0.914 bits per heavy atom. The highest BCUT2D eigenvalue weighted by Gasteiger charge is 2.16. The van der Waals surface area contributed by atoms with Crippen LogP contribution in [-0.2, 0) is 10.0 Å². The number of fused-ring (bicyclic) bond motifs is 2. The summed E-state index contributed by atoms with van der Waals surface area (Å²) in [6.45, 7) is 0. The van der Waals surface area contributed by atoms with Gasteiger partial charge in [0, 0.05) is 47.0 Å². The first kappa shape index (κ1) is 20.9. The standard InChI is InChI=1S/C24H18N8O2S/c1-35(33,34)32-17-8-15(11-26-13-17)16-9-19-22(30-31-23(19)27-12-16)24-28-20-6-2-5-18(21(20)29-24)14-4-3-7-25-10-14/h2-13,32H,1H3,(H,28,29)(H,27,30,31). The maximum atomic E-state index is 11.6. The number of aromatic nitrogens is 7. The molecule has 0 aliphatic heterocycles. The number of H-pyrrole nitrogens is 2. The number of hydrogen-bond acceptors (Lipinski definition) is 7. The van der Waals surface area contributed by atoms with Crippen molar-refractivity contribution in [1.82, 2.24) is 35.1 Å². The Kier molecular flexibility index (Phi) is 4.78. The zero-order valence-electron chi connectivity index (χ0n) is 18.4. The van der Waals surface area contributed by atoms with Crippen LogP contribution in [0.2, 0.25) is 0 Å². The molecule has 0 aliphatic rings. The van der Waals surface area contributed by atoms with Crippen LogP contribution >= 0.6 is 0 Å². The largest absolute Gasteiger partial charge is 0.337 e. The number of anilines is 1. The van der Waals surface area contributed by atoms with Crippen molar-refractivity contribution in [2.75, 3.05) is 11.0 Å². The zero-order chi connectivity index (χ0) is 24.0. The molecule has 172 valence electrons. The SMILES string of the molecule is CS(=O)(=O)Nc1cncc(-c2cnc3[nH]nc(-c4nc5c(-c6cccnc6)cccc5[nH]4)c3c2)c1. The third kappa shape index (κ3) is 3.97. The molecule has 0 amide bonds. The Morgan fingerprint density at radius 2 is 1.77 bits per heavy atom. The molecule has 5 heterocycles. The number of hydrogen-bond donors (Lipinski definition) is 3. The molecule has 0 saturated carbocycles. The highest BCUT2D eigenvalue weighted by molar-refractivity contribution is 7.92. The van der Waals surface area contributed by atoms with Crippen LogP contribution in [0, 0.1) is 0 Å². The van der Waals surface area contributed by atoms with Crippen LogP contribution in [0.25, 0.3) is 55.8 Å². The maximum absolute atomic E-state index is 11.6. The average Bonchev–Trinajstić information content (AvgIpc) is 3.47. The monoisotopic (exact) mass is 482 g/mol. The van der Waals surface area contributed by atoms with Crippen molar-refractivity contribution in [2.45, 2.75) is 0 Å². The van der Waals surface area contributed by atoms with Gasteiger partial charge in [0.25, 0.3) is 0 Å². The highest BCUT2D eigenvalue weighted by Crippen LogP contribution is 2.32. The number of pyridine rings is 3. The van der Waals surface area contributed by atoms with Gasteiger partial charge in [-0.3, -0.25) is 19.8 Å². The van der Waals surface area contributed by atoms with E-state index in [-0.39, 0.29) is 0 Å². The minimum absolute atomic E-state index is 0.373. The molecular formula is C24H18N8O2S. The number of rotatable bonds is 5. The van der Waals surface area contributed by atoms with Gasteiger partial charge in [0.15, 0.2) is 11.5 Å². The van der Waals surface area contributed by atoms with Crippen molar-refractivity contribution in [1.29, 1.82) is 0 Å². The lowest BCUT2D eigenvalue weighted by molar-refractivity contribution is 0.607. The first-order valence-electron chi connectivity index (χ1n) is 10.6. The van der Waals surface area contributed by atoms with E-state index in [1.807, 2.05) is 42.6 Å². The van der Waals surface area contributed by atoms with Gasteiger partial charge in [-0.1, -0.05) is 18.2 Å². The van der Waals surface area contributed by atoms with E-state index < -0.39 is 10.0 Å². The van der Waals surface area contributed by atoms with Gasteiger partial charge in [0.05, 0.1) is 34.6 Å². The fourth-order valence-electron chi connectivity index (χ4n) is 4.01. The van der Waals surface area contributed by atoms with Crippen molar-refractivity contribution in [2.24, 2.45) is 0 Å². The summed E-state index contributed by atoms with van der Waals surface area (Å²) >= 11 is 0. The van der Waals surface area contributed by atoms with Crippen LogP contribution in [0.4, 0.5) is 5.69 Å². The van der Waals surface area contributed by atoms with Crippen molar-refractivity contribution in [3.05, 3.63) is 73.4 Å². The normalized spacial score (nSPS) is 11.8. The molecule has 10 nitrogen and oxygen atoms in total. The lowest BCUT2D eigenvalue weighted by atomic mass is 10.1. The molecule has 35 heavy (non-hydrogen) atoms. The fourth-order valence-corrected chi connectivity index (χ4v) is 4.55. The molecule has 0 aliphatic carbocycles. The molecule has 1 aromatic carbocycles. The molecule has 0 fully saturated rings. The second-order valence-electron chi connectivity index (χ2n) is 8.06. The second-order valence-corrected chi connectivity index (χ2v) is 9.81. The quantitative estimate of drug-likeness (QED) is 0.337. The Labute approximate surface area is 199 Å². The average molecular weight is 483 g/mol. The topological polar surface area (TPSA) is 142 Å². The number of para-hydroxylation sites is 1. The summed E-state index contributed by atoms with van der Waals surface area (Å²) in [4.78, 5) is 21.1. The number of nitrogens with one attached hydrogen (secondary N) is 3. The summed E-state index contributed by atoms with van der Waals surface area (Å²) in [7, 11) is -3.42. The number of nitrogens with zero attached hydrogens (tertiary/aromatic N) is 5.